The van der Waals surface area contributed by atoms with Crippen LogP contribution >= 0.6 is 0 Å². The Kier molecular flexibility index (Phi) is 3.49. The molecule has 1 unspecified atom stereocenters. The molecule has 0 bridgehead atoms. The molecule has 0 spiro atoms. The molecule has 2 N–H and O–H groups in total. The van der Waals surface area contributed by atoms with E-state index in [9.17, 15) is 0 Å². The Morgan fingerprint density at radius 3 is 2.82 bits per heavy atom. The van der Waals surface area contributed by atoms with Gasteiger partial charge in [0.05, 0.1) is 6.04 Å². The number of pyridine rings is 1. The van der Waals surface area contributed by atoms with Crippen LogP contribution in [0.5, 0.6) is 0 Å². The molecule has 0 saturated carbocycles. The summed E-state index contributed by atoms with van der Waals surface area (Å²) in [7, 11) is 1.80. The largest absolute Gasteiger partial charge is 0.363 e. The third-order valence-electron chi connectivity index (χ3n) is 2.43. The van der Waals surface area contributed by atoms with Crippen LogP contribution in [0.2, 0.25) is 0 Å². The molecule has 17 heavy (non-hydrogen) atoms. The van der Waals surface area contributed by atoms with Crippen LogP contribution in [0.25, 0.3) is 0 Å². The molecule has 0 aliphatic heterocycles. The molecule has 88 valence electrons. The zero-order valence-corrected chi connectivity index (χ0v) is 9.88. The van der Waals surface area contributed by atoms with Crippen molar-refractivity contribution in [3.63, 3.8) is 0 Å². The van der Waals surface area contributed by atoms with Gasteiger partial charge in [-0.05, 0) is 24.6 Å². The van der Waals surface area contributed by atoms with E-state index in [1.807, 2.05) is 24.4 Å². The van der Waals surface area contributed by atoms with Gasteiger partial charge in [-0.2, -0.15) is 4.98 Å². The van der Waals surface area contributed by atoms with Crippen molar-refractivity contribution >= 4 is 11.8 Å². The highest BCUT2D eigenvalue weighted by molar-refractivity contribution is 5.41. The average molecular weight is 229 g/mol. The molecule has 2 aromatic rings. The van der Waals surface area contributed by atoms with Crippen LogP contribution in [0.4, 0.5) is 11.8 Å². The first-order chi connectivity index (χ1) is 8.29. The van der Waals surface area contributed by atoms with Crippen molar-refractivity contribution in [3.8, 4) is 0 Å². The lowest BCUT2D eigenvalue weighted by Crippen LogP contribution is -2.09. The first-order valence-corrected chi connectivity index (χ1v) is 5.47. The fraction of sp³-hybridized carbons (Fsp3) is 0.250. The smallest absolute Gasteiger partial charge is 0.224 e. The molecule has 0 saturated heterocycles. The van der Waals surface area contributed by atoms with Gasteiger partial charge < -0.3 is 10.6 Å². The summed E-state index contributed by atoms with van der Waals surface area (Å²) in [5.74, 6) is 1.40. The maximum absolute atomic E-state index is 4.30. The van der Waals surface area contributed by atoms with Crippen molar-refractivity contribution in [1.82, 2.24) is 15.0 Å². The Morgan fingerprint density at radius 1 is 1.24 bits per heavy atom. The molecule has 1 atom stereocenters. The molecule has 0 aliphatic rings. The van der Waals surface area contributed by atoms with Gasteiger partial charge in [-0.15, -0.1) is 0 Å². The van der Waals surface area contributed by atoms with Crippen LogP contribution in [0, 0.1) is 0 Å². The Bertz CT molecular complexity index is 471. The Labute approximate surface area is 100 Å². The average Bonchev–Trinajstić information content (AvgIpc) is 2.40. The highest BCUT2D eigenvalue weighted by Gasteiger charge is 2.06. The van der Waals surface area contributed by atoms with Crippen LogP contribution in [-0.2, 0) is 0 Å². The van der Waals surface area contributed by atoms with E-state index in [-0.39, 0.29) is 6.04 Å². The SMILES string of the molecule is CNc1nccc(NC(C)c2cccnc2)n1. The van der Waals surface area contributed by atoms with E-state index in [1.165, 1.54) is 0 Å². The predicted molar refractivity (Wildman–Crippen MR) is 67.9 cm³/mol. The van der Waals surface area contributed by atoms with Crippen LogP contribution in [0.1, 0.15) is 18.5 Å². The molecule has 5 nitrogen and oxygen atoms in total. The Balaban J connectivity index is 2.10. The van der Waals surface area contributed by atoms with Gasteiger partial charge in [0, 0.05) is 25.6 Å². The molecule has 0 amide bonds. The van der Waals surface area contributed by atoms with E-state index in [1.54, 1.807) is 19.4 Å². The van der Waals surface area contributed by atoms with Crippen molar-refractivity contribution in [2.75, 3.05) is 17.7 Å². The van der Waals surface area contributed by atoms with Gasteiger partial charge in [0.1, 0.15) is 5.82 Å². The van der Waals surface area contributed by atoms with Crippen molar-refractivity contribution in [2.45, 2.75) is 13.0 Å². The van der Waals surface area contributed by atoms with Crippen LogP contribution < -0.4 is 10.6 Å². The second kappa shape index (κ2) is 5.25. The van der Waals surface area contributed by atoms with Gasteiger partial charge >= 0.3 is 0 Å². The standard InChI is InChI=1S/C12H15N5/c1-9(10-4-3-6-14-8-10)16-11-5-7-15-12(13-2)17-11/h3-9H,1-2H3,(H2,13,15,16,17). The first kappa shape index (κ1) is 11.3. The quantitative estimate of drug-likeness (QED) is 0.840. The summed E-state index contributed by atoms with van der Waals surface area (Å²) in [5, 5.41) is 6.21. The summed E-state index contributed by atoms with van der Waals surface area (Å²) in [6, 6.07) is 5.95. The third-order valence-corrected chi connectivity index (χ3v) is 2.43. The van der Waals surface area contributed by atoms with Gasteiger partial charge in [0.25, 0.3) is 0 Å². The highest BCUT2D eigenvalue weighted by Crippen LogP contribution is 2.16. The van der Waals surface area contributed by atoms with Gasteiger partial charge in [-0.25, -0.2) is 4.98 Å². The van der Waals surface area contributed by atoms with E-state index in [0.29, 0.717) is 5.95 Å². The minimum atomic E-state index is 0.156. The third kappa shape index (κ3) is 2.90. The van der Waals surface area contributed by atoms with Crippen molar-refractivity contribution in [3.05, 3.63) is 42.4 Å². The van der Waals surface area contributed by atoms with Gasteiger partial charge in [-0.3, -0.25) is 4.98 Å². The van der Waals surface area contributed by atoms with Gasteiger partial charge in [0.2, 0.25) is 5.95 Å². The summed E-state index contributed by atoms with van der Waals surface area (Å²) >= 11 is 0. The number of hydrogen-bond acceptors (Lipinski definition) is 5. The number of nitrogens with one attached hydrogen (secondary N) is 2. The summed E-state index contributed by atoms with van der Waals surface area (Å²) < 4.78 is 0. The molecular formula is C12H15N5. The van der Waals surface area contributed by atoms with Crippen LogP contribution in [0.3, 0.4) is 0 Å². The lowest BCUT2D eigenvalue weighted by Gasteiger charge is -2.14. The van der Waals surface area contributed by atoms with Gasteiger partial charge in [-0.1, -0.05) is 6.07 Å². The van der Waals surface area contributed by atoms with E-state index >= 15 is 0 Å². The molecule has 5 heteroatoms. The number of anilines is 2. The fourth-order valence-electron chi connectivity index (χ4n) is 1.50. The lowest BCUT2D eigenvalue weighted by atomic mass is 10.1. The highest BCUT2D eigenvalue weighted by atomic mass is 15.1. The Hall–Kier alpha value is -2.17. The number of hydrogen-bond donors (Lipinski definition) is 2. The number of rotatable bonds is 4. The lowest BCUT2D eigenvalue weighted by molar-refractivity contribution is 0.864. The van der Waals surface area contributed by atoms with E-state index in [0.717, 1.165) is 11.4 Å². The van der Waals surface area contributed by atoms with E-state index in [2.05, 4.69) is 32.5 Å². The van der Waals surface area contributed by atoms with Crippen molar-refractivity contribution in [2.24, 2.45) is 0 Å². The molecular weight excluding hydrogens is 214 g/mol. The predicted octanol–water partition coefficient (Wildman–Crippen LogP) is 2.09. The summed E-state index contributed by atoms with van der Waals surface area (Å²) in [6.07, 6.45) is 5.33. The summed E-state index contributed by atoms with van der Waals surface area (Å²) in [5.41, 5.74) is 1.12. The monoisotopic (exact) mass is 229 g/mol. The molecule has 0 fully saturated rings. The first-order valence-electron chi connectivity index (χ1n) is 5.47. The summed E-state index contributed by atoms with van der Waals surface area (Å²) in [4.78, 5) is 12.5. The number of nitrogens with zero attached hydrogens (tertiary/aromatic N) is 3. The minimum Gasteiger partial charge on any atom is -0.363 e. The zero-order valence-electron chi connectivity index (χ0n) is 9.88. The van der Waals surface area contributed by atoms with Crippen molar-refractivity contribution < 1.29 is 0 Å². The maximum atomic E-state index is 4.30. The van der Waals surface area contributed by atoms with Crippen LogP contribution in [-0.4, -0.2) is 22.0 Å². The molecule has 0 aromatic carbocycles. The number of aromatic nitrogens is 3. The summed E-state index contributed by atoms with van der Waals surface area (Å²) in [6.45, 7) is 2.07. The molecule has 0 aliphatic carbocycles. The van der Waals surface area contributed by atoms with E-state index in [4.69, 9.17) is 0 Å². The maximum Gasteiger partial charge on any atom is 0.224 e. The topological polar surface area (TPSA) is 62.7 Å². The normalized spacial score (nSPS) is 11.9. The molecule has 2 rings (SSSR count). The zero-order chi connectivity index (χ0) is 12.1. The molecule has 2 heterocycles. The minimum absolute atomic E-state index is 0.156. The van der Waals surface area contributed by atoms with Crippen molar-refractivity contribution in [1.29, 1.82) is 0 Å². The molecule has 2 aromatic heterocycles. The second-order valence-corrected chi connectivity index (χ2v) is 3.67. The van der Waals surface area contributed by atoms with Gasteiger partial charge in [0.15, 0.2) is 0 Å². The Morgan fingerprint density at radius 2 is 2.12 bits per heavy atom. The second-order valence-electron chi connectivity index (χ2n) is 3.67. The van der Waals surface area contributed by atoms with E-state index < -0.39 is 0 Å². The fourth-order valence-corrected chi connectivity index (χ4v) is 1.50. The molecule has 0 radical (unpaired) electrons. The van der Waals surface area contributed by atoms with Crippen LogP contribution in [0.15, 0.2) is 36.8 Å².